The fourth-order valence-corrected chi connectivity index (χ4v) is 2.32. The maximum Gasteiger partial charge on any atom is 0.419 e. The summed E-state index contributed by atoms with van der Waals surface area (Å²) >= 11 is 0. The number of rotatable bonds is 2. The predicted molar refractivity (Wildman–Crippen MR) is 69.1 cm³/mol. The topological polar surface area (TPSA) is 35.2 Å². The summed E-state index contributed by atoms with van der Waals surface area (Å²) in [6.07, 6.45) is -3.20. The van der Waals surface area contributed by atoms with Crippen molar-refractivity contribution < 1.29 is 22.3 Å². The second kappa shape index (κ2) is 6.74. The molecule has 2 nitrogen and oxygen atoms in total. The minimum absolute atomic E-state index is 0. The molecule has 0 saturated carbocycles. The Bertz CT molecular complexity index is 446. The third kappa shape index (κ3) is 3.84. The number of hydrogen-bond acceptors (Lipinski definition) is 2. The highest BCUT2D eigenvalue weighted by atomic mass is 35.5. The minimum Gasteiger partial charge on any atom is -0.381 e. The molecule has 1 saturated heterocycles. The number of ether oxygens (including phenoxy) is 1. The van der Waals surface area contributed by atoms with E-state index in [9.17, 15) is 17.6 Å². The maximum atomic E-state index is 13.5. The number of alkyl halides is 3. The van der Waals surface area contributed by atoms with Gasteiger partial charge in [0.05, 0.1) is 5.56 Å². The summed E-state index contributed by atoms with van der Waals surface area (Å²) in [5.41, 5.74) is 5.14. The van der Waals surface area contributed by atoms with Crippen molar-refractivity contribution in [3.05, 3.63) is 35.1 Å². The summed E-state index contributed by atoms with van der Waals surface area (Å²) < 4.78 is 56.0. The molecular weight excluding hydrogens is 298 g/mol. The summed E-state index contributed by atoms with van der Waals surface area (Å²) in [5.74, 6) is -1.16. The molecule has 1 aliphatic rings. The van der Waals surface area contributed by atoms with E-state index < -0.39 is 23.6 Å². The van der Waals surface area contributed by atoms with E-state index in [-0.39, 0.29) is 18.3 Å². The molecule has 0 bridgehead atoms. The first-order valence-corrected chi connectivity index (χ1v) is 6.09. The highest BCUT2D eigenvalue weighted by molar-refractivity contribution is 5.85. The van der Waals surface area contributed by atoms with Gasteiger partial charge in [0.15, 0.2) is 0 Å². The van der Waals surface area contributed by atoms with Crippen molar-refractivity contribution in [3.63, 3.8) is 0 Å². The number of benzene rings is 1. The zero-order valence-electron chi connectivity index (χ0n) is 10.6. The quantitative estimate of drug-likeness (QED) is 0.845. The van der Waals surface area contributed by atoms with E-state index in [2.05, 4.69) is 0 Å². The van der Waals surface area contributed by atoms with Crippen LogP contribution in [0, 0.1) is 11.7 Å². The van der Waals surface area contributed by atoms with Gasteiger partial charge >= 0.3 is 6.18 Å². The first-order valence-electron chi connectivity index (χ1n) is 6.09. The summed E-state index contributed by atoms with van der Waals surface area (Å²) in [7, 11) is 0. The summed E-state index contributed by atoms with van der Waals surface area (Å²) in [4.78, 5) is 0. The molecule has 20 heavy (non-hydrogen) atoms. The van der Waals surface area contributed by atoms with Crippen LogP contribution < -0.4 is 5.73 Å². The van der Waals surface area contributed by atoms with Gasteiger partial charge in [-0.1, -0.05) is 6.07 Å². The van der Waals surface area contributed by atoms with Gasteiger partial charge in [0.25, 0.3) is 0 Å². The van der Waals surface area contributed by atoms with E-state index in [1.54, 1.807) is 0 Å². The van der Waals surface area contributed by atoms with Crippen LogP contribution in [0.3, 0.4) is 0 Å². The van der Waals surface area contributed by atoms with Crippen LogP contribution in [-0.4, -0.2) is 13.2 Å². The Balaban J connectivity index is 0.00000200. The molecule has 0 aliphatic carbocycles. The Labute approximate surface area is 120 Å². The Morgan fingerprint density at radius 3 is 2.30 bits per heavy atom. The van der Waals surface area contributed by atoms with Crippen LogP contribution in [0.25, 0.3) is 0 Å². The zero-order chi connectivity index (χ0) is 14.0. The third-order valence-corrected chi connectivity index (χ3v) is 3.46. The number of nitrogens with two attached hydrogens (primary N) is 1. The van der Waals surface area contributed by atoms with Crippen molar-refractivity contribution in [1.82, 2.24) is 0 Å². The van der Waals surface area contributed by atoms with Crippen LogP contribution in [-0.2, 0) is 10.9 Å². The number of hydrogen-bond donors (Lipinski definition) is 1. The lowest BCUT2D eigenvalue weighted by molar-refractivity contribution is -0.140. The number of halogens is 5. The van der Waals surface area contributed by atoms with Crippen molar-refractivity contribution in [3.8, 4) is 0 Å². The molecule has 0 amide bonds. The molecule has 0 spiro atoms. The molecule has 0 unspecified atom stereocenters. The van der Waals surface area contributed by atoms with Gasteiger partial charge in [0.1, 0.15) is 5.82 Å². The van der Waals surface area contributed by atoms with Gasteiger partial charge in [0.2, 0.25) is 0 Å². The first kappa shape index (κ1) is 17.2. The standard InChI is InChI=1S/C13H15F4NO.ClH/c14-11-7-9(1-2-10(11)13(15,16)17)12(18)8-3-5-19-6-4-8;/h1-2,7-8,12H,3-6,18H2;1H/t12-;/m0./s1. The molecule has 1 aromatic rings. The Morgan fingerprint density at radius 1 is 1.20 bits per heavy atom. The first-order chi connectivity index (χ1) is 8.89. The fraction of sp³-hybridized carbons (Fsp3) is 0.538. The van der Waals surface area contributed by atoms with E-state index in [0.29, 0.717) is 18.8 Å². The van der Waals surface area contributed by atoms with Crippen LogP contribution in [0.5, 0.6) is 0 Å². The molecule has 1 fully saturated rings. The lowest BCUT2D eigenvalue weighted by Gasteiger charge is -2.28. The molecule has 0 radical (unpaired) electrons. The van der Waals surface area contributed by atoms with E-state index in [0.717, 1.165) is 25.0 Å². The Morgan fingerprint density at radius 2 is 1.80 bits per heavy atom. The largest absolute Gasteiger partial charge is 0.419 e. The van der Waals surface area contributed by atoms with Gasteiger partial charge in [-0.25, -0.2) is 4.39 Å². The predicted octanol–water partition coefficient (Wildman–Crippen LogP) is 3.69. The molecule has 0 aromatic heterocycles. The third-order valence-electron chi connectivity index (χ3n) is 3.46. The van der Waals surface area contributed by atoms with E-state index >= 15 is 0 Å². The van der Waals surface area contributed by atoms with Crippen LogP contribution >= 0.6 is 12.4 Å². The highest BCUT2D eigenvalue weighted by Crippen LogP contribution is 2.34. The molecular formula is C13H16ClF4NO. The lowest BCUT2D eigenvalue weighted by Crippen LogP contribution is -2.27. The van der Waals surface area contributed by atoms with E-state index in [4.69, 9.17) is 10.5 Å². The van der Waals surface area contributed by atoms with Gasteiger partial charge in [-0.2, -0.15) is 13.2 Å². The van der Waals surface area contributed by atoms with Crippen molar-refractivity contribution in [2.24, 2.45) is 11.7 Å². The highest BCUT2D eigenvalue weighted by Gasteiger charge is 2.34. The molecule has 1 atom stereocenters. The normalized spacial score (nSPS) is 18.4. The van der Waals surface area contributed by atoms with E-state index in [1.165, 1.54) is 6.07 Å². The molecule has 2 N–H and O–H groups in total. The Hall–Kier alpha value is -0.850. The minimum atomic E-state index is -4.68. The average Bonchev–Trinajstić information content (AvgIpc) is 2.37. The van der Waals surface area contributed by atoms with Crippen molar-refractivity contribution >= 4 is 12.4 Å². The molecule has 114 valence electrons. The second-order valence-corrected chi connectivity index (χ2v) is 4.71. The maximum absolute atomic E-state index is 13.5. The zero-order valence-corrected chi connectivity index (χ0v) is 11.4. The van der Waals surface area contributed by atoms with Crippen LogP contribution in [0.15, 0.2) is 18.2 Å². The fourth-order valence-electron chi connectivity index (χ4n) is 2.32. The van der Waals surface area contributed by atoms with Gasteiger partial charge in [-0.05, 0) is 36.5 Å². The van der Waals surface area contributed by atoms with Crippen molar-refractivity contribution in [1.29, 1.82) is 0 Å². The molecule has 7 heteroatoms. The van der Waals surface area contributed by atoms with Crippen molar-refractivity contribution in [2.75, 3.05) is 13.2 Å². The Kier molecular flexibility index (Phi) is 5.79. The summed E-state index contributed by atoms with van der Waals surface area (Å²) in [6, 6.07) is 2.44. The van der Waals surface area contributed by atoms with Gasteiger partial charge < -0.3 is 10.5 Å². The lowest BCUT2D eigenvalue weighted by atomic mass is 9.87. The molecule has 1 aromatic carbocycles. The van der Waals surface area contributed by atoms with Crippen LogP contribution in [0.1, 0.15) is 30.0 Å². The summed E-state index contributed by atoms with van der Waals surface area (Å²) in [6.45, 7) is 1.17. The summed E-state index contributed by atoms with van der Waals surface area (Å²) in [5, 5.41) is 0. The van der Waals surface area contributed by atoms with Gasteiger partial charge in [-0.3, -0.25) is 0 Å². The monoisotopic (exact) mass is 313 g/mol. The van der Waals surface area contributed by atoms with Gasteiger partial charge in [0, 0.05) is 19.3 Å². The van der Waals surface area contributed by atoms with Gasteiger partial charge in [-0.15, -0.1) is 12.4 Å². The smallest absolute Gasteiger partial charge is 0.381 e. The molecule has 1 aliphatic heterocycles. The van der Waals surface area contributed by atoms with Crippen LogP contribution in [0.4, 0.5) is 17.6 Å². The second-order valence-electron chi connectivity index (χ2n) is 4.71. The van der Waals surface area contributed by atoms with Crippen molar-refractivity contribution in [2.45, 2.75) is 25.1 Å². The van der Waals surface area contributed by atoms with Crippen LogP contribution in [0.2, 0.25) is 0 Å². The molecule has 1 heterocycles. The average molecular weight is 314 g/mol. The SMILES string of the molecule is Cl.N[C@H](c1ccc(C(F)(F)F)c(F)c1)C1CCOCC1. The molecule has 2 rings (SSSR count). The van der Waals surface area contributed by atoms with E-state index in [1.807, 2.05) is 0 Å².